The van der Waals surface area contributed by atoms with E-state index < -0.39 is 26.4 Å². The summed E-state index contributed by atoms with van der Waals surface area (Å²) in [5, 5.41) is 45.9. The van der Waals surface area contributed by atoms with Gasteiger partial charge in [-0.05, 0) is 116 Å². The smallest absolute Gasteiger partial charge is 0.504 e. The third kappa shape index (κ3) is 8.34. The Bertz CT molecular complexity index is 2000. The predicted octanol–water partition coefficient (Wildman–Crippen LogP) is 5.13. The molecular weight excluding hydrogens is 894 g/mol. The fourth-order valence-corrected chi connectivity index (χ4v) is 13.4. The topological polar surface area (TPSA) is 183 Å². The van der Waals surface area contributed by atoms with Gasteiger partial charge in [-0.15, -0.1) is 0 Å². The molecule has 2 saturated carbocycles. The first-order chi connectivity index (χ1) is 30.9. The van der Waals surface area contributed by atoms with Crippen LogP contribution < -0.4 is 20.1 Å². The van der Waals surface area contributed by atoms with Crippen LogP contribution in [0.4, 0.5) is 34.5 Å². The zero-order valence-corrected chi connectivity index (χ0v) is 37.0. The molecule has 4 bridgehead atoms. The Morgan fingerprint density at radius 1 is 0.667 bits per heavy atom. The Balaban J connectivity index is 0.000000163. The number of carboxylic acids is 2. The van der Waals surface area contributed by atoms with Gasteiger partial charge in [-0.1, -0.05) is 12.1 Å². The first-order valence-corrected chi connectivity index (χ1v) is 22.3. The van der Waals surface area contributed by atoms with Crippen molar-refractivity contribution in [3.05, 3.63) is 46.5 Å². The normalized spacial score (nSPS) is 34.1. The van der Waals surface area contributed by atoms with Gasteiger partial charge in [0.15, 0.2) is 23.0 Å². The Kier molecular flexibility index (Phi) is 13.7. The number of carboxylic acid groups (broad SMARTS) is 2. The van der Waals surface area contributed by atoms with Gasteiger partial charge < -0.3 is 94.3 Å². The van der Waals surface area contributed by atoms with Gasteiger partial charge in [-0.2, -0.15) is 0 Å². The first-order valence-electron chi connectivity index (χ1n) is 22.3. The van der Waals surface area contributed by atoms with Gasteiger partial charge in [0.25, 0.3) is 0 Å². The van der Waals surface area contributed by atoms with Crippen molar-refractivity contribution in [3.63, 3.8) is 0 Å². The fourth-order valence-electron chi connectivity index (χ4n) is 13.4. The maximum Gasteiger partial charge on any atom is 0.673 e. The van der Waals surface area contributed by atoms with Crippen LogP contribution in [0.5, 0.6) is 23.0 Å². The second kappa shape index (κ2) is 18.1. The van der Waals surface area contributed by atoms with Gasteiger partial charge in [0.1, 0.15) is 12.2 Å². The average Bonchev–Trinajstić information content (AvgIpc) is 3.76. The Morgan fingerprint density at radius 2 is 1.02 bits per heavy atom. The third-order valence-corrected chi connectivity index (χ3v) is 15.2. The predicted molar refractivity (Wildman–Crippen MR) is 224 cm³/mol. The van der Waals surface area contributed by atoms with Crippen LogP contribution in [0.3, 0.4) is 0 Å². The number of aliphatic carboxylic acids is 2. The summed E-state index contributed by atoms with van der Waals surface area (Å²) in [6.07, 6.45) is 6.29. The molecule has 0 aromatic heterocycles. The quantitative estimate of drug-likeness (QED) is 0.136. The SMILES string of the molecule is CCO[C@@]12CC[C@@H](NCC(=O)O)[C@@H]3Oc4c(O)ccc5c4[C@@]31CCN(C)[C@@H]2C5.CCO[C@@]12CC[C@@H](NCC(=O)O)[C@@H]3Oc4c(O)ccc5c4[C@@]31CCN(C)[C@@H]2C5.F[B-](F)(F)F.F[B-](F)(F)F. The number of carbonyl (C=O) groups is 2. The van der Waals surface area contributed by atoms with Crippen LogP contribution in [0.25, 0.3) is 0 Å². The fraction of sp³-hybridized carbons (Fsp3) is 0.667. The highest BCUT2D eigenvalue weighted by atomic mass is 19.5. The van der Waals surface area contributed by atoms with Crippen molar-refractivity contribution < 1.29 is 83.5 Å². The number of nitrogens with one attached hydrogen (secondary N) is 2. The van der Waals surface area contributed by atoms with Gasteiger partial charge in [-0.3, -0.25) is 9.59 Å². The summed E-state index contributed by atoms with van der Waals surface area (Å²) in [5.74, 6) is -0.243. The molecular formula is C42H56B2F8N4O10-2. The van der Waals surface area contributed by atoms with Crippen molar-refractivity contribution in [2.75, 3.05) is 53.5 Å². The van der Waals surface area contributed by atoms with Crippen LogP contribution in [-0.4, -0.2) is 158 Å². The molecule has 24 heteroatoms. The van der Waals surface area contributed by atoms with E-state index in [0.717, 1.165) is 75.6 Å². The van der Waals surface area contributed by atoms with E-state index in [9.17, 15) is 64.5 Å². The molecule has 4 aliphatic carbocycles. The molecule has 2 aromatic carbocycles. The zero-order chi connectivity index (χ0) is 48.4. The largest absolute Gasteiger partial charge is 0.673 e. The maximum atomic E-state index is 11.2. The van der Waals surface area contributed by atoms with Crippen LogP contribution >= 0.6 is 0 Å². The van der Waals surface area contributed by atoms with Crippen LogP contribution in [0, 0.1) is 0 Å². The van der Waals surface area contributed by atoms with Gasteiger partial charge in [0, 0.05) is 48.5 Å². The number of piperidine rings is 2. The standard InChI is InChI=1S/2C21H28N2O5.2BF4/c2*1-3-27-21-7-6-13(22-11-16(25)26)19-20(21)8-9-23(2)15(21)10-12-4-5-14(24)18(28-19)17(12)20;2*2-1(3,4)5/h2*4-5,13,15,19,22,24H,3,6-11H2,1-2H3,(H,25,26);;/q;;2*-1/t2*13-,15-,19+,20+,21-;;/m11../s1. The summed E-state index contributed by atoms with van der Waals surface area (Å²) < 4.78 is 104. The van der Waals surface area contributed by atoms with E-state index in [1.807, 2.05) is 26.0 Å². The number of ether oxygens (including phenoxy) is 4. The molecule has 0 radical (unpaired) electrons. The highest BCUT2D eigenvalue weighted by Gasteiger charge is 2.75. The van der Waals surface area contributed by atoms with E-state index >= 15 is 0 Å². The Morgan fingerprint density at radius 3 is 1.33 bits per heavy atom. The molecule has 2 spiro atoms. The van der Waals surface area contributed by atoms with Crippen molar-refractivity contribution in [2.24, 2.45) is 0 Å². The number of halogens is 8. The Labute approximate surface area is 376 Å². The number of nitrogens with zero attached hydrogens (tertiary/aromatic N) is 2. The molecule has 4 aliphatic heterocycles. The molecule has 4 fully saturated rings. The zero-order valence-electron chi connectivity index (χ0n) is 37.0. The van der Waals surface area contributed by atoms with Gasteiger partial charge in [0.05, 0.1) is 35.1 Å². The molecule has 0 amide bonds. The number of benzene rings is 2. The molecule has 10 atom stereocenters. The number of aromatic hydroxyl groups is 2. The monoisotopic (exact) mass is 950 g/mol. The van der Waals surface area contributed by atoms with Gasteiger partial charge in [-0.25, -0.2) is 0 Å². The van der Waals surface area contributed by atoms with Crippen molar-refractivity contribution in [1.82, 2.24) is 20.4 Å². The van der Waals surface area contributed by atoms with Crippen molar-refractivity contribution in [2.45, 2.75) is 124 Å². The molecule has 4 heterocycles. The molecule has 6 N–H and O–H groups in total. The third-order valence-electron chi connectivity index (χ3n) is 15.2. The number of likely N-dealkylation sites (N-methyl/N-ethyl adjacent to an activating group) is 2. The molecule has 14 nitrogen and oxygen atoms in total. The summed E-state index contributed by atoms with van der Waals surface area (Å²) >= 11 is 0. The number of phenols is 2. The van der Waals surface area contributed by atoms with Crippen molar-refractivity contribution >= 4 is 26.4 Å². The summed E-state index contributed by atoms with van der Waals surface area (Å²) in [5.41, 5.74) is 3.17. The lowest BCUT2D eigenvalue weighted by Crippen LogP contribution is -2.78. The number of hydrogen-bond donors (Lipinski definition) is 6. The van der Waals surface area contributed by atoms with E-state index in [2.05, 4.69) is 34.5 Å². The second-order valence-corrected chi connectivity index (χ2v) is 18.3. The molecule has 10 rings (SSSR count). The highest BCUT2D eigenvalue weighted by molar-refractivity contribution is 6.50. The molecule has 0 unspecified atom stereocenters. The van der Waals surface area contributed by atoms with E-state index in [4.69, 9.17) is 18.9 Å². The minimum atomic E-state index is -6.00. The average molecular weight is 951 g/mol. The van der Waals surface area contributed by atoms with Crippen molar-refractivity contribution in [1.29, 1.82) is 0 Å². The van der Waals surface area contributed by atoms with E-state index in [1.165, 1.54) is 11.1 Å². The number of likely N-dealkylation sites (tertiary alicyclic amines) is 2. The van der Waals surface area contributed by atoms with Crippen LogP contribution in [0.15, 0.2) is 24.3 Å². The minimum Gasteiger partial charge on any atom is -0.504 e. The lowest BCUT2D eigenvalue weighted by atomic mass is 9.48. The van der Waals surface area contributed by atoms with Gasteiger partial charge >= 0.3 is 26.4 Å². The lowest BCUT2D eigenvalue weighted by molar-refractivity contribution is -0.214. The summed E-state index contributed by atoms with van der Waals surface area (Å²) in [6, 6.07) is 7.82. The molecule has 2 saturated heterocycles. The van der Waals surface area contributed by atoms with E-state index in [-0.39, 0.29) is 83.0 Å². The first kappa shape index (κ1) is 49.8. The van der Waals surface area contributed by atoms with Crippen LogP contribution in [0.2, 0.25) is 0 Å². The maximum absolute atomic E-state index is 11.2. The summed E-state index contributed by atoms with van der Waals surface area (Å²) in [4.78, 5) is 27.2. The molecule has 8 aliphatic rings. The highest BCUT2D eigenvalue weighted by Crippen LogP contribution is 2.68. The lowest BCUT2D eigenvalue weighted by Gasteiger charge is -2.65. The summed E-state index contributed by atoms with van der Waals surface area (Å²) in [7, 11) is -7.66. The van der Waals surface area contributed by atoms with E-state index in [0.29, 0.717) is 24.7 Å². The number of phenolic OH excluding ortho intramolecular Hbond substituents is 2. The van der Waals surface area contributed by atoms with E-state index in [1.54, 1.807) is 12.1 Å². The molecule has 2 aromatic rings. The minimum absolute atomic E-state index is 0.0912. The van der Waals surface area contributed by atoms with Crippen LogP contribution in [0.1, 0.15) is 74.6 Å². The number of hydrogen-bond acceptors (Lipinski definition) is 12. The second-order valence-electron chi connectivity index (χ2n) is 18.3. The van der Waals surface area contributed by atoms with Gasteiger partial charge in [0.2, 0.25) is 0 Å². The Hall–Kier alpha value is -4.09. The molecule has 368 valence electrons. The molecule has 66 heavy (non-hydrogen) atoms. The number of rotatable bonds is 10. The summed E-state index contributed by atoms with van der Waals surface area (Å²) in [6.45, 7) is 6.99. The van der Waals surface area contributed by atoms with Crippen molar-refractivity contribution in [3.8, 4) is 23.0 Å². The van der Waals surface area contributed by atoms with Crippen LogP contribution in [-0.2, 0) is 42.7 Å².